The van der Waals surface area contributed by atoms with E-state index in [-0.39, 0.29) is 5.69 Å². The zero-order valence-corrected chi connectivity index (χ0v) is 18.5. The van der Waals surface area contributed by atoms with Crippen LogP contribution in [0.15, 0.2) is 71.9 Å². The molecular weight excluding hydrogens is 400 g/mol. The summed E-state index contributed by atoms with van der Waals surface area (Å²) in [6.45, 7) is 3.74. The molecule has 0 atom stereocenters. The second kappa shape index (κ2) is 8.16. The fourth-order valence-corrected chi connectivity index (χ4v) is 3.62. The van der Waals surface area contributed by atoms with Gasteiger partial charge in [0.1, 0.15) is 5.82 Å². The number of hydrogen-bond acceptors (Lipinski definition) is 5. The second-order valence-corrected chi connectivity index (χ2v) is 8.11. The van der Waals surface area contributed by atoms with Gasteiger partial charge in [-0.1, -0.05) is 12.1 Å². The lowest BCUT2D eigenvalue weighted by Crippen LogP contribution is -2.21. The second-order valence-electron chi connectivity index (χ2n) is 8.11. The van der Waals surface area contributed by atoms with E-state index in [0.29, 0.717) is 22.9 Å². The number of rotatable bonds is 5. The van der Waals surface area contributed by atoms with Gasteiger partial charge in [0.05, 0.1) is 28.6 Å². The van der Waals surface area contributed by atoms with Crippen molar-refractivity contribution in [1.29, 1.82) is 5.26 Å². The molecule has 0 aliphatic heterocycles. The molecule has 1 aromatic carbocycles. The highest BCUT2D eigenvalue weighted by Crippen LogP contribution is 2.32. The van der Waals surface area contributed by atoms with Crippen molar-refractivity contribution in [1.82, 2.24) is 19.1 Å². The molecule has 1 N–H and O–H groups in total. The molecule has 0 fully saturated rings. The van der Waals surface area contributed by atoms with Crippen LogP contribution in [-0.2, 0) is 12.5 Å². The first-order valence-corrected chi connectivity index (χ1v) is 10.3. The van der Waals surface area contributed by atoms with Gasteiger partial charge >= 0.3 is 5.69 Å². The van der Waals surface area contributed by atoms with Gasteiger partial charge in [0.25, 0.3) is 0 Å². The summed E-state index contributed by atoms with van der Waals surface area (Å²) < 4.78 is 3.20. The number of aryl methyl sites for hydroxylation is 1. The molecule has 160 valence electrons. The number of aromatic nitrogens is 4. The van der Waals surface area contributed by atoms with Gasteiger partial charge in [-0.3, -0.25) is 9.55 Å². The predicted molar refractivity (Wildman–Crippen MR) is 126 cm³/mol. The van der Waals surface area contributed by atoms with Gasteiger partial charge in [0, 0.05) is 38.2 Å². The Balaban J connectivity index is 1.94. The number of benzene rings is 1. The Kier molecular flexibility index (Phi) is 5.37. The zero-order valence-electron chi connectivity index (χ0n) is 18.5. The number of nitrogens with zero attached hydrogens (tertiary/aromatic N) is 5. The van der Waals surface area contributed by atoms with Crippen LogP contribution in [0.3, 0.4) is 0 Å². The molecule has 3 heterocycles. The van der Waals surface area contributed by atoms with Crippen LogP contribution in [-0.4, -0.2) is 26.1 Å². The van der Waals surface area contributed by atoms with E-state index in [0.717, 1.165) is 16.7 Å². The van der Waals surface area contributed by atoms with Gasteiger partial charge in [-0.2, -0.15) is 5.26 Å². The maximum absolute atomic E-state index is 13.1. The average molecular weight is 425 g/mol. The van der Waals surface area contributed by atoms with Gasteiger partial charge in [-0.05, 0) is 61.4 Å². The van der Waals surface area contributed by atoms with Crippen molar-refractivity contribution in [2.45, 2.75) is 19.3 Å². The van der Waals surface area contributed by atoms with Crippen LogP contribution in [0.5, 0.6) is 0 Å². The summed E-state index contributed by atoms with van der Waals surface area (Å²) in [5.41, 5.74) is 4.02. The quantitative estimate of drug-likeness (QED) is 0.520. The van der Waals surface area contributed by atoms with E-state index in [1.807, 2.05) is 69.4 Å². The van der Waals surface area contributed by atoms with Crippen molar-refractivity contribution in [3.63, 3.8) is 0 Å². The van der Waals surface area contributed by atoms with Crippen LogP contribution >= 0.6 is 0 Å². The Labute approximate surface area is 186 Å². The molecule has 0 unspecified atom stereocenters. The third-order valence-corrected chi connectivity index (χ3v) is 5.56. The van der Waals surface area contributed by atoms with Crippen LogP contribution in [0.4, 0.5) is 5.82 Å². The Morgan fingerprint density at radius 3 is 2.34 bits per heavy atom. The molecule has 0 aliphatic rings. The molecule has 0 spiro atoms. The molecule has 0 bridgehead atoms. The van der Waals surface area contributed by atoms with E-state index < -0.39 is 5.41 Å². The third kappa shape index (κ3) is 3.67. The average Bonchev–Trinajstić information content (AvgIpc) is 3.13. The summed E-state index contributed by atoms with van der Waals surface area (Å²) in [7, 11) is 3.54. The van der Waals surface area contributed by atoms with Crippen LogP contribution in [0.25, 0.3) is 28.2 Å². The van der Waals surface area contributed by atoms with Crippen molar-refractivity contribution in [2.75, 3.05) is 12.4 Å². The summed E-state index contributed by atoms with van der Waals surface area (Å²) in [6.07, 6.45) is 5.26. The van der Waals surface area contributed by atoms with E-state index in [9.17, 15) is 10.1 Å². The van der Waals surface area contributed by atoms with E-state index in [1.165, 1.54) is 0 Å². The summed E-state index contributed by atoms with van der Waals surface area (Å²) >= 11 is 0. The molecule has 7 heteroatoms. The van der Waals surface area contributed by atoms with E-state index in [2.05, 4.69) is 16.4 Å². The van der Waals surface area contributed by atoms with Crippen LogP contribution in [0.2, 0.25) is 0 Å². The highest BCUT2D eigenvalue weighted by molar-refractivity contribution is 5.81. The van der Waals surface area contributed by atoms with Crippen molar-refractivity contribution in [3.8, 4) is 34.3 Å². The molecule has 4 rings (SSSR count). The highest BCUT2D eigenvalue weighted by Gasteiger charge is 2.22. The van der Waals surface area contributed by atoms with Gasteiger partial charge in [0.15, 0.2) is 0 Å². The summed E-state index contributed by atoms with van der Waals surface area (Å²) in [5, 5.41) is 12.5. The number of pyridine rings is 2. The Bertz CT molecular complexity index is 1360. The maximum atomic E-state index is 13.1. The lowest BCUT2D eigenvalue weighted by atomic mass is 9.86. The summed E-state index contributed by atoms with van der Waals surface area (Å²) in [6, 6.07) is 17.6. The molecule has 0 saturated heterocycles. The molecule has 3 aromatic heterocycles. The summed E-state index contributed by atoms with van der Waals surface area (Å²) in [5.74, 6) is 0.701. The third-order valence-electron chi connectivity index (χ3n) is 5.56. The molecule has 0 saturated carbocycles. The molecular formula is C25H24N6O. The smallest absolute Gasteiger partial charge is 0.333 e. The van der Waals surface area contributed by atoms with Gasteiger partial charge in [-0.25, -0.2) is 9.78 Å². The molecule has 0 aliphatic carbocycles. The Morgan fingerprint density at radius 2 is 1.72 bits per heavy atom. The Hall–Kier alpha value is -4.18. The SMILES string of the molecule is CNc1ccc(-c2ccncc2)c(-c2cn(C)c(=O)n2-c2ccc(C(C)(C)C#N)cc2)n1. The monoisotopic (exact) mass is 424 g/mol. The van der Waals surface area contributed by atoms with Gasteiger partial charge in [-0.15, -0.1) is 0 Å². The van der Waals surface area contributed by atoms with Crippen molar-refractivity contribution in [3.05, 3.63) is 83.2 Å². The standard InChI is InChI=1S/C25H24N6O/c1-25(2,16-26)18-5-7-19(8-6-18)31-21(15-30(4)24(31)32)23-20(9-10-22(27-3)29-23)17-11-13-28-14-12-17/h5-15H,1-4H3,(H,27,29). The fourth-order valence-electron chi connectivity index (χ4n) is 3.62. The van der Waals surface area contributed by atoms with E-state index >= 15 is 0 Å². The van der Waals surface area contributed by atoms with Crippen LogP contribution in [0, 0.1) is 11.3 Å². The number of nitrogens with one attached hydrogen (secondary N) is 1. The van der Waals surface area contributed by atoms with Crippen LogP contribution < -0.4 is 11.0 Å². The topological polar surface area (TPSA) is 88.5 Å². The largest absolute Gasteiger partial charge is 0.373 e. The van der Waals surface area contributed by atoms with Crippen LogP contribution in [0.1, 0.15) is 19.4 Å². The van der Waals surface area contributed by atoms with E-state index in [1.54, 1.807) is 34.8 Å². The summed E-state index contributed by atoms with van der Waals surface area (Å²) in [4.78, 5) is 22.0. The van der Waals surface area contributed by atoms with Crippen molar-refractivity contribution in [2.24, 2.45) is 7.05 Å². The first kappa shape index (κ1) is 21.1. The highest BCUT2D eigenvalue weighted by atomic mass is 16.1. The molecule has 0 amide bonds. The number of anilines is 1. The first-order chi connectivity index (χ1) is 15.4. The number of hydrogen-bond donors (Lipinski definition) is 1. The minimum Gasteiger partial charge on any atom is -0.373 e. The molecule has 4 aromatic rings. The predicted octanol–water partition coefficient (Wildman–Crippen LogP) is 4.14. The molecule has 7 nitrogen and oxygen atoms in total. The van der Waals surface area contributed by atoms with Crippen molar-refractivity contribution >= 4 is 5.82 Å². The van der Waals surface area contributed by atoms with Gasteiger partial charge in [0.2, 0.25) is 0 Å². The normalized spacial score (nSPS) is 11.2. The molecule has 0 radical (unpaired) electrons. The maximum Gasteiger partial charge on any atom is 0.333 e. The minimum absolute atomic E-state index is 0.176. The molecule has 32 heavy (non-hydrogen) atoms. The van der Waals surface area contributed by atoms with Crippen molar-refractivity contribution < 1.29 is 0 Å². The number of nitriles is 1. The fraction of sp³-hybridized carbons (Fsp3) is 0.200. The zero-order chi connectivity index (χ0) is 22.9. The Morgan fingerprint density at radius 1 is 1.03 bits per heavy atom. The minimum atomic E-state index is -0.611. The lowest BCUT2D eigenvalue weighted by Gasteiger charge is -2.17. The lowest BCUT2D eigenvalue weighted by molar-refractivity contribution is 0.686. The number of imidazole rings is 1. The van der Waals surface area contributed by atoms with Gasteiger partial charge < -0.3 is 9.88 Å². The first-order valence-electron chi connectivity index (χ1n) is 10.3. The van der Waals surface area contributed by atoms with E-state index in [4.69, 9.17) is 4.98 Å².